The Hall–Kier alpha value is -1.04. The maximum absolute atomic E-state index is 10.7. The van der Waals surface area contributed by atoms with Crippen LogP contribution in [0.5, 0.6) is 0 Å². The number of carboxylic acids is 1. The van der Waals surface area contributed by atoms with Crippen LogP contribution in [0.4, 0.5) is 0 Å². The summed E-state index contributed by atoms with van der Waals surface area (Å²) in [5, 5.41) is 17.8. The highest BCUT2D eigenvalue weighted by molar-refractivity contribution is 7.99. The number of nitrogens with zero attached hydrogens (tertiary/aromatic N) is 3. The monoisotopic (exact) mass is 299 g/mol. The summed E-state index contributed by atoms with van der Waals surface area (Å²) < 4.78 is 2.09. The number of hydrogen-bond acceptors (Lipinski definition) is 4. The van der Waals surface area contributed by atoms with Gasteiger partial charge in [-0.15, -0.1) is 10.2 Å². The number of aryl methyl sites for hydroxylation is 1. The molecule has 1 N–H and O–H groups in total. The summed E-state index contributed by atoms with van der Waals surface area (Å²) in [5.74, 6) is 0.925. The average molecular weight is 299 g/mol. The standard InChI is InChI=1S/C14H25N3O2S/c1-4-7-12-15-16-14(20-10-13(18)19)17(12)9-6-5-8-11(2)3/h11H,4-10H2,1-3H3,(H,18,19). The molecular formula is C14H25N3O2S. The second kappa shape index (κ2) is 9.00. The lowest BCUT2D eigenvalue weighted by Crippen LogP contribution is -2.07. The van der Waals surface area contributed by atoms with Gasteiger partial charge < -0.3 is 9.67 Å². The van der Waals surface area contributed by atoms with Gasteiger partial charge in [0.1, 0.15) is 5.82 Å². The maximum Gasteiger partial charge on any atom is 0.313 e. The highest BCUT2D eigenvalue weighted by Crippen LogP contribution is 2.19. The van der Waals surface area contributed by atoms with E-state index in [1.165, 1.54) is 24.6 Å². The second-order valence-electron chi connectivity index (χ2n) is 5.37. The zero-order valence-corrected chi connectivity index (χ0v) is 13.4. The molecule has 0 fully saturated rings. The molecule has 114 valence electrons. The molecule has 5 nitrogen and oxygen atoms in total. The van der Waals surface area contributed by atoms with Crippen LogP contribution in [0.15, 0.2) is 5.16 Å². The zero-order chi connectivity index (χ0) is 15.0. The van der Waals surface area contributed by atoms with Gasteiger partial charge in [-0.25, -0.2) is 0 Å². The van der Waals surface area contributed by atoms with Crippen molar-refractivity contribution in [2.75, 3.05) is 5.75 Å². The van der Waals surface area contributed by atoms with Gasteiger partial charge in [-0.05, 0) is 18.8 Å². The highest BCUT2D eigenvalue weighted by atomic mass is 32.2. The van der Waals surface area contributed by atoms with Gasteiger partial charge in [0, 0.05) is 13.0 Å². The van der Waals surface area contributed by atoms with E-state index in [-0.39, 0.29) is 5.75 Å². The first-order chi connectivity index (χ1) is 9.54. The van der Waals surface area contributed by atoms with E-state index in [1.54, 1.807) is 0 Å². The number of aliphatic carboxylic acids is 1. The second-order valence-corrected chi connectivity index (χ2v) is 6.31. The van der Waals surface area contributed by atoms with E-state index < -0.39 is 5.97 Å². The molecule has 0 aliphatic rings. The maximum atomic E-state index is 10.7. The van der Waals surface area contributed by atoms with E-state index in [9.17, 15) is 4.79 Å². The van der Waals surface area contributed by atoms with E-state index in [0.29, 0.717) is 0 Å². The summed E-state index contributed by atoms with van der Waals surface area (Å²) in [5.41, 5.74) is 0. The number of rotatable bonds is 10. The van der Waals surface area contributed by atoms with Gasteiger partial charge in [0.2, 0.25) is 0 Å². The van der Waals surface area contributed by atoms with Crippen LogP contribution in [-0.2, 0) is 17.8 Å². The average Bonchev–Trinajstić information content (AvgIpc) is 2.75. The summed E-state index contributed by atoms with van der Waals surface area (Å²) in [6, 6.07) is 0. The van der Waals surface area contributed by atoms with Gasteiger partial charge in [0.05, 0.1) is 5.75 Å². The fraction of sp³-hybridized carbons (Fsp3) is 0.786. The number of thioether (sulfide) groups is 1. The lowest BCUT2D eigenvalue weighted by Gasteiger charge is -2.10. The molecule has 1 aromatic heterocycles. The van der Waals surface area contributed by atoms with Crippen molar-refractivity contribution in [3.05, 3.63) is 5.82 Å². The molecule has 0 aromatic carbocycles. The van der Waals surface area contributed by atoms with Gasteiger partial charge in [-0.3, -0.25) is 4.79 Å². The van der Waals surface area contributed by atoms with Gasteiger partial charge in [-0.1, -0.05) is 45.4 Å². The Morgan fingerprint density at radius 1 is 1.35 bits per heavy atom. The normalized spacial score (nSPS) is 11.2. The Morgan fingerprint density at radius 2 is 2.10 bits per heavy atom. The molecule has 0 aliphatic carbocycles. The lowest BCUT2D eigenvalue weighted by atomic mass is 10.1. The zero-order valence-electron chi connectivity index (χ0n) is 12.6. The SMILES string of the molecule is CCCc1nnc(SCC(=O)O)n1CCCCC(C)C. The van der Waals surface area contributed by atoms with Crippen molar-refractivity contribution in [3.63, 3.8) is 0 Å². The van der Waals surface area contributed by atoms with E-state index in [1.807, 2.05) is 0 Å². The minimum absolute atomic E-state index is 0.0379. The third-order valence-electron chi connectivity index (χ3n) is 3.00. The molecule has 1 heterocycles. The molecule has 0 amide bonds. The summed E-state index contributed by atoms with van der Waals surface area (Å²) in [4.78, 5) is 10.7. The molecule has 0 unspecified atom stereocenters. The Kier molecular flexibility index (Phi) is 7.65. The topological polar surface area (TPSA) is 68.0 Å². The van der Waals surface area contributed by atoms with E-state index in [4.69, 9.17) is 5.11 Å². The van der Waals surface area contributed by atoms with Crippen LogP contribution in [0.2, 0.25) is 0 Å². The Labute approximate surface area is 125 Å². The molecule has 0 saturated carbocycles. The first-order valence-electron chi connectivity index (χ1n) is 7.31. The van der Waals surface area contributed by atoms with E-state index in [2.05, 4.69) is 35.5 Å². The van der Waals surface area contributed by atoms with Crippen LogP contribution in [0.1, 0.15) is 52.3 Å². The molecular weight excluding hydrogens is 274 g/mol. The van der Waals surface area contributed by atoms with Crippen LogP contribution in [0, 0.1) is 5.92 Å². The summed E-state index contributed by atoms with van der Waals surface area (Å²) in [6.07, 6.45) is 5.42. The third-order valence-corrected chi connectivity index (χ3v) is 3.96. The van der Waals surface area contributed by atoms with Gasteiger partial charge in [0.15, 0.2) is 5.16 Å². The van der Waals surface area contributed by atoms with Crippen LogP contribution >= 0.6 is 11.8 Å². The molecule has 20 heavy (non-hydrogen) atoms. The predicted molar refractivity (Wildman–Crippen MR) is 81.1 cm³/mol. The Morgan fingerprint density at radius 3 is 2.70 bits per heavy atom. The quantitative estimate of drug-likeness (QED) is 0.530. The summed E-state index contributed by atoms with van der Waals surface area (Å²) in [7, 11) is 0. The fourth-order valence-corrected chi connectivity index (χ4v) is 2.71. The fourth-order valence-electron chi connectivity index (χ4n) is 2.01. The van der Waals surface area contributed by atoms with Gasteiger partial charge in [0.25, 0.3) is 0 Å². The van der Waals surface area contributed by atoms with Crippen molar-refractivity contribution >= 4 is 17.7 Å². The number of carboxylic acid groups (broad SMARTS) is 1. The van der Waals surface area contributed by atoms with Crippen molar-refractivity contribution in [2.45, 2.75) is 64.6 Å². The molecule has 0 atom stereocenters. The number of aromatic nitrogens is 3. The van der Waals surface area contributed by atoms with Crippen LogP contribution < -0.4 is 0 Å². The number of unbranched alkanes of at least 4 members (excludes halogenated alkanes) is 1. The highest BCUT2D eigenvalue weighted by Gasteiger charge is 2.13. The number of hydrogen-bond donors (Lipinski definition) is 1. The number of carbonyl (C=O) groups is 1. The largest absolute Gasteiger partial charge is 0.481 e. The first-order valence-corrected chi connectivity index (χ1v) is 8.29. The van der Waals surface area contributed by atoms with Crippen molar-refractivity contribution < 1.29 is 9.90 Å². The minimum Gasteiger partial charge on any atom is -0.481 e. The van der Waals surface area contributed by atoms with Crippen LogP contribution in [-0.4, -0.2) is 31.6 Å². The molecule has 0 saturated heterocycles. The third kappa shape index (κ3) is 5.94. The summed E-state index contributed by atoms with van der Waals surface area (Å²) in [6.45, 7) is 7.46. The first kappa shape index (κ1) is 17.0. The molecule has 6 heteroatoms. The van der Waals surface area contributed by atoms with Crippen molar-refractivity contribution in [3.8, 4) is 0 Å². The molecule has 1 aromatic rings. The van der Waals surface area contributed by atoms with Gasteiger partial charge in [-0.2, -0.15) is 0 Å². The smallest absolute Gasteiger partial charge is 0.313 e. The van der Waals surface area contributed by atoms with E-state index in [0.717, 1.165) is 42.7 Å². The predicted octanol–water partition coefficient (Wildman–Crippen LogP) is 3.23. The Bertz CT molecular complexity index is 419. The lowest BCUT2D eigenvalue weighted by molar-refractivity contribution is -0.133. The molecule has 0 spiro atoms. The molecule has 0 aliphatic heterocycles. The van der Waals surface area contributed by atoms with Crippen LogP contribution in [0.25, 0.3) is 0 Å². The van der Waals surface area contributed by atoms with Crippen LogP contribution in [0.3, 0.4) is 0 Å². The van der Waals surface area contributed by atoms with E-state index >= 15 is 0 Å². The molecule has 0 bridgehead atoms. The minimum atomic E-state index is -0.818. The van der Waals surface area contributed by atoms with Crippen molar-refractivity contribution in [2.24, 2.45) is 5.92 Å². The van der Waals surface area contributed by atoms with Crippen molar-refractivity contribution in [1.82, 2.24) is 14.8 Å². The molecule has 1 rings (SSSR count). The Balaban J connectivity index is 2.62. The molecule has 0 radical (unpaired) electrons. The summed E-state index contributed by atoms with van der Waals surface area (Å²) >= 11 is 1.26. The van der Waals surface area contributed by atoms with Gasteiger partial charge >= 0.3 is 5.97 Å². The van der Waals surface area contributed by atoms with Crippen molar-refractivity contribution in [1.29, 1.82) is 0 Å².